The van der Waals surface area contributed by atoms with Gasteiger partial charge in [0.25, 0.3) is 0 Å². The molecule has 1 aliphatic heterocycles. The standard InChI is InChI=1S/C16H14FN5O/c17-10-3-12(15(23)9-1-2-9)14-13(4-10)16-19-7-20-22(16)6-11-5-18-8-21(11)14/h3-5,7-9,15,23H,1-2,6H2. The van der Waals surface area contributed by atoms with E-state index in [0.717, 1.165) is 24.2 Å². The second-order valence-corrected chi connectivity index (χ2v) is 6.17. The number of imidazole rings is 1. The molecule has 6 nitrogen and oxygen atoms in total. The number of fused-ring (bicyclic) bond motifs is 5. The summed E-state index contributed by atoms with van der Waals surface area (Å²) in [5.74, 6) is 0.429. The van der Waals surface area contributed by atoms with Gasteiger partial charge in [-0.25, -0.2) is 19.0 Å². The number of benzene rings is 1. The van der Waals surface area contributed by atoms with Crippen LogP contribution in [0.5, 0.6) is 0 Å². The smallest absolute Gasteiger partial charge is 0.160 e. The molecule has 1 atom stereocenters. The summed E-state index contributed by atoms with van der Waals surface area (Å²) in [7, 11) is 0. The monoisotopic (exact) mass is 311 g/mol. The first kappa shape index (κ1) is 13.0. The Morgan fingerprint density at radius 3 is 3.00 bits per heavy atom. The topological polar surface area (TPSA) is 68.8 Å². The Hall–Kier alpha value is -2.54. The third-order valence-corrected chi connectivity index (χ3v) is 4.62. The average Bonchev–Trinajstić information content (AvgIpc) is 3.16. The maximum atomic E-state index is 14.2. The highest BCUT2D eigenvalue weighted by Gasteiger charge is 2.35. The number of hydrogen-bond donors (Lipinski definition) is 1. The molecule has 1 aromatic carbocycles. The molecule has 3 heterocycles. The van der Waals surface area contributed by atoms with Gasteiger partial charge in [0.1, 0.15) is 12.1 Å². The first-order valence-electron chi connectivity index (χ1n) is 7.63. The summed E-state index contributed by atoms with van der Waals surface area (Å²) in [5, 5.41) is 14.9. The second-order valence-electron chi connectivity index (χ2n) is 6.17. The van der Waals surface area contributed by atoms with Gasteiger partial charge in [-0.15, -0.1) is 0 Å². The van der Waals surface area contributed by atoms with Crippen molar-refractivity contribution in [2.24, 2.45) is 5.92 Å². The van der Waals surface area contributed by atoms with Gasteiger partial charge in [-0.3, -0.25) is 0 Å². The van der Waals surface area contributed by atoms with Crippen molar-refractivity contribution in [3.8, 4) is 17.1 Å². The lowest BCUT2D eigenvalue weighted by molar-refractivity contribution is 0.153. The van der Waals surface area contributed by atoms with Gasteiger partial charge in [0, 0.05) is 11.1 Å². The minimum absolute atomic E-state index is 0.203. The van der Waals surface area contributed by atoms with Gasteiger partial charge in [-0.05, 0) is 30.9 Å². The summed E-state index contributed by atoms with van der Waals surface area (Å²) >= 11 is 0. The molecule has 7 heteroatoms. The van der Waals surface area contributed by atoms with Gasteiger partial charge >= 0.3 is 0 Å². The van der Waals surface area contributed by atoms with Crippen molar-refractivity contribution in [3.63, 3.8) is 0 Å². The van der Waals surface area contributed by atoms with Gasteiger partial charge < -0.3 is 9.67 Å². The van der Waals surface area contributed by atoms with Gasteiger partial charge in [-0.1, -0.05) is 0 Å². The Kier molecular flexibility index (Phi) is 2.52. The van der Waals surface area contributed by atoms with E-state index in [1.807, 2.05) is 4.57 Å². The number of hydrogen-bond acceptors (Lipinski definition) is 4. The van der Waals surface area contributed by atoms with E-state index in [1.165, 1.54) is 18.5 Å². The van der Waals surface area contributed by atoms with E-state index in [1.54, 1.807) is 17.2 Å². The van der Waals surface area contributed by atoms with Gasteiger partial charge in [0.2, 0.25) is 0 Å². The van der Waals surface area contributed by atoms with Crippen LogP contribution in [0.3, 0.4) is 0 Å². The van der Waals surface area contributed by atoms with Crippen LogP contribution in [0.2, 0.25) is 0 Å². The number of aromatic nitrogens is 5. The van der Waals surface area contributed by atoms with Crippen molar-refractivity contribution in [1.82, 2.24) is 24.3 Å². The van der Waals surface area contributed by atoms with E-state index in [0.29, 0.717) is 23.5 Å². The second kappa shape index (κ2) is 4.48. The maximum Gasteiger partial charge on any atom is 0.160 e. The van der Waals surface area contributed by atoms with E-state index in [2.05, 4.69) is 15.1 Å². The molecule has 1 aliphatic carbocycles. The zero-order chi connectivity index (χ0) is 15.6. The van der Waals surface area contributed by atoms with E-state index >= 15 is 0 Å². The molecule has 1 unspecified atom stereocenters. The summed E-state index contributed by atoms with van der Waals surface area (Å²) in [5.41, 5.74) is 2.91. The minimum Gasteiger partial charge on any atom is -0.388 e. The fraction of sp³-hybridized carbons (Fsp3) is 0.312. The summed E-state index contributed by atoms with van der Waals surface area (Å²) in [6.07, 6.45) is 6.19. The van der Waals surface area contributed by atoms with Crippen LogP contribution < -0.4 is 0 Å². The molecular weight excluding hydrogens is 297 g/mol. The molecule has 1 N–H and O–H groups in total. The first-order valence-corrected chi connectivity index (χ1v) is 7.63. The SMILES string of the molecule is OC(c1cc(F)cc2c1-n1cncc1Cn1ncnc1-2)C1CC1. The molecule has 5 rings (SSSR count). The molecule has 0 bridgehead atoms. The predicted octanol–water partition coefficient (Wildman–Crippen LogP) is 2.08. The van der Waals surface area contributed by atoms with E-state index in [-0.39, 0.29) is 11.7 Å². The number of rotatable bonds is 2. The molecule has 0 spiro atoms. The Morgan fingerprint density at radius 1 is 1.30 bits per heavy atom. The van der Waals surface area contributed by atoms with Gasteiger partial charge in [0.05, 0.1) is 36.6 Å². The van der Waals surface area contributed by atoms with Crippen molar-refractivity contribution >= 4 is 0 Å². The Morgan fingerprint density at radius 2 is 2.17 bits per heavy atom. The van der Waals surface area contributed by atoms with Crippen molar-refractivity contribution < 1.29 is 9.50 Å². The van der Waals surface area contributed by atoms with Crippen LogP contribution in [-0.4, -0.2) is 29.4 Å². The molecule has 1 fully saturated rings. The van der Waals surface area contributed by atoms with Crippen LogP contribution in [0, 0.1) is 11.7 Å². The quantitative estimate of drug-likeness (QED) is 0.615. The van der Waals surface area contributed by atoms with E-state index in [4.69, 9.17) is 0 Å². The van der Waals surface area contributed by atoms with E-state index in [9.17, 15) is 9.50 Å². The third-order valence-electron chi connectivity index (χ3n) is 4.62. The fourth-order valence-corrected chi connectivity index (χ4v) is 3.33. The molecule has 3 aromatic rings. The van der Waals surface area contributed by atoms with Crippen molar-refractivity contribution in [3.05, 3.63) is 48.1 Å². The lowest BCUT2D eigenvalue weighted by Crippen LogP contribution is -2.09. The van der Waals surface area contributed by atoms with Crippen molar-refractivity contribution in [1.29, 1.82) is 0 Å². The highest BCUT2D eigenvalue weighted by atomic mass is 19.1. The first-order chi connectivity index (χ1) is 11.2. The number of halogens is 1. The summed E-state index contributed by atoms with van der Waals surface area (Å²) < 4.78 is 17.9. The fourth-order valence-electron chi connectivity index (χ4n) is 3.33. The van der Waals surface area contributed by atoms with E-state index < -0.39 is 6.10 Å². The normalized spacial score (nSPS) is 17.1. The van der Waals surface area contributed by atoms with Crippen molar-refractivity contribution in [2.45, 2.75) is 25.5 Å². The maximum absolute atomic E-state index is 14.2. The number of aliphatic hydroxyl groups is 1. The largest absolute Gasteiger partial charge is 0.388 e. The van der Waals surface area contributed by atoms with Crippen LogP contribution >= 0.6 is 0 Å². The minimum atomic E-state index is -0.677. The predicted molar refractivity (Wildman–Crippen MR) is 79.3 cm³/mol. The molecule has 2 aliphatic rings. The van der Waals surface area contributed by atoms with Crippen LogP contribution in [0.25, 0.3) is 17.1 Å². The lowest BCUT2D eigenvalue weighted by Gasteiger charge is -2.19. The average molecular weight is 311 g/mol. The summed E-state index contributed by atoms with van der Waals surface area (Å²) in [6, 6.07) is 2.88. The Labute approximate surface area is 131 Å². The van der Waals surface area contributed by atoms with Gasteiger partial charge in [0.15, 0.2) is 5.82 Å². The summed E-state index contributed by atoms with van der Waals surface area (Å²) in [6.45, 7) is 0.505. The van der Waals surface area contributed by atoms with Crippen LogP contribution in [0.1, 0.15) is 30.2 Å². The number of nitrogens with zero attached hydrogens (tertiary/aromatic N) is 5. The Bertz CT molecular complexity index is 911. The molecule has 0 amide bonds. The number of aliphatic hydroxyl groups excluding tert-OH is 1. The summed E-state index contributed by atoms with van der Waals surface area (Å²) in [4.78, 5) is 8.50. The van der Waals surface area contributed by atoms with Gasteiger partial charge in [-0.2, -0.15) is 5.10 Å². The molecule has 23 heavy (non-hydrogen) atoms. The highest BCUT2D eigenvalue weighted by Crippen LogP contribution is 2.45. The zero-order valence-corrected chi connectivity index (χ0v) is 12.2. The van der Waals surface area contributed by atoms with Crippen molar-refractivity contribution in [2.75, 3.05) is 0 Å². The molecule has 0 saturated heterocycles. The Balaban J connectivity index is 1.86. The third kappa shape index (κ3) is 1.86. The van der Waals surface area contributed by atoms with Crippen LogP contribution in [0.4, 0.5) is 4.39 Å². The molecule has 0 radical (unpaired) electrons. The molecule has 1 saturated carbocycles. The zero-order valence-electron chi connectivity index (χ0n) is 12.2. The van der Waals surface area contributed by atoms with Crippen LogP contribution in [-0.2, 0) is 6.54 Å². The van der Waals surface area contributed by atoms with Crippen LogP contribution in [0.15, 0.2) is 31.0 Å². The molecule has 2 aromatic heterocycles. The highest BCUT2D eigenvalue weighted by molar-refractivity contribution is 5.72. The lowest BCUT2D eigenvalue weighted by atomic mass is 9.98. The molecular formula is C16H14FN5O. The molecule has 116 valence electrons.